The van der Waals surface area contributed by atoms with Gasteiger partial charge in [0.05, 0.1) is 13.3 Å². The number of benzene rings is 1. The number of hydrogen-bond acceptors (Lipinski definition) is 5. The van der Waals surface area contributed by atoms with Gasteiger partial charge in [-0.25, -0.2) is 0 Å². The minimum atomic E-state index is 0.199. The molecule has 1 aromatic heterocycles. The Morgan fingerprint density at radius 2 is 2.04 bits per heavy atom. The molecule has 5 nitrogen and oxygen atoms in total. The quantitative estimate of drug-likeness (QED) is 0.748. The third-order valence-electron chi connectivity index (χ3n) is 5.63. The average Bonchev–Trinajstić information content (AvgIpc) is 3.08. The summed E-state index contributed by atoms with van der Waals surface area (Å²) >= 11 is 0. The summed E-state index contributed by atoms with van der Waals surface area (Å²) in [5.41, 5.74) is 2.28. The van der Waals surface area contributed by atoms with E-state index >= 15 is 0 Å². The number of aryl methyl sites for hydroxylation is 1. The van der Waals surface area contributed by atoms with Gasteiger partial charge in [0.1, 0.15) is 11.5 Å². The molecule has 0 saturated carbocycles. The number of likely N-dealkylation sites (tertiary alicyclic amines) is 1. The zero-order valence-corrected chi connectivity index (χ0v) is 16.2. The van der Waals surface area contributed by atoms with Crippen LogP contribution in [0, 0.1) is 11.8 Å². The van der Waals surface area contributed by atoms with Crippen LogP contribution in [-0.2, 0) is 6.42 Å². The van der Waals surface area contributed by atoms with E-state index in [-0.39, 0.29) is 12.4 Å². The first-order chi connectivity index (χ1) is 13.1. The highest BCUT2D eigenvalue weighted by Gasteiger charge is 2.32. The third-order valence-corrected chi connectivity index (χ3v) is 5.63. The zero-order valence-electron chi connectivity index (χ0n) is 16.2. The Morgan fingerprint density at radius 3 is 2.74 bits per heavy atom. The van der Waals surface area contributed by atoms with E-state index in [1.54, 1.807) is 13.2 Å². The fourth-order valence-corrected chi connectivity index (χ4v) is 4.07. The van der Waals surface area contributed by atoms with Crippen LogP contribution in [0.5, 0.6) is 11.5 Å². The SMILES string of the molecule is COc1cccc(CC[C@@H]2CN(CC(C)c3ccc(O)cn3)C[C@@H]2CO)c1. The maximum Gasteiger partial charge on any atom is 0.133 e. The van der Waals surface area contributed by atoms with Gasteiger partial charge in [-0.15, -0.1) is 0 Å². The molecule has 0 radical (unpaired) electrons. The minimum Gasteiger partial charge on any atom is -0.506 e. The fourth-order valence-electron chi connectivity index (χ4n) is 4.07. The number of aromatic hydroxyl groups is 1. The summed E-state index contributed by atoms with van der Waals surface area (Å²) in [4.78, 5) is 6.77. The van der Waals surface area contributed by atoms with Gasteiger partial charge < -0.3 is 19.8 Å². The van der Waals surface area contributed by atoms with Crippen molar-refractivity contribution in [3.05, 3.63) is 53.9 Å². The van der Waals surface area contributed by atoms with Crippen molar-refractivity contribution in [2.75, 3.05) is 33.4 Å². The van der Waals surface area contributed by atoms with Gasteiger partial charge in [0, 0.05) is 37.9 Å². The molecule has 3 atom stereocenters. The smallest absolute Gasteiger partial charge is 0.133 e. The standard InChI is InChI=1S/C22H30N2O3/c1-16(22-9-8-20(26)11-23-22)12-24-13-18(19(14-24)15-25)7-6-17-4-3-5-21(10-17)27-2/h3-5,8-11,16,18-19,25-26H,6-7,12-15H2,1-2H3/t16?,18-,19-/m1/s1. The van der Waals surface area contributed by atoms with Crippen molar-refractivity contribution in [3.8, 4) is 11.5 Å². The van der Waals surface area contributed by atoms with Gasteiger partial charge >= 0.3 is 0 Å². The van der Waals surface area contributed by atoms with Crippen molar-refractivity contribution >= 4 is 0 Å². The second-order valence-electron chi connectivity index (χ2n) is 7.65. The molecule has 3 rings (SSSR count). The van der Waals surface area contributed by atoms with Crippen molar-refractivity contribution in [3.63, 3.8) is 0 Å². The lowest BCUT2D eigenvalue weighted by atomic mass is 9.90. The Hall–Kier alpha value is -2.11. The summed E-state index contributed by atoms with van der Waals surface area (Å²) < 4.78 is 5.31. The molecule has 0 spiro atoms. The molecule has 27 heavy (non-hydrogen) atoms. The summed E-state index contributed by atoms with van der Waals surface area (Å²) in [5, 5.41) is 19.2. The molecule has 2 heterocycles. The van der Waals surface area contributed by atoms with Crippen molar-refractivity contribution in [2.45, 2.75) is 25.7 Å². The van der Waals surface area contributed by atoms with E-state index < -0.39 is 0 Å². The summed E-state index contributed by atoms with van der Waals surface area (Å²) in [5.74, 6) is 2.22. The molecule has 1 unspecified atom stereocenters. The van der Waals surface area contributed by atoms with Crippen molar-refractivity contribution < 1.29 is 14.9 Å². The van der Waals surface area contributed by atoms with Gasteiger partial charge in [-0.2, -0.15) is 0 Å². The van der Waals surface area contributed by atoms with Gasteiger partial charge in [-0.05, 0) is 54.5 Å². The predicted octanol–water partition coefficient (Wildman–Crippen LogP) is 3.07. The average molecular weight is 370 g/mol. The van der Waals surface area contributed by atoms with Crippen LogP contribution < -0.4 is 4.74 Å². The summed E-state index contributed by atoms with van der Waals surface area (Å²) in [6.45, 7) is 5.27. The Morgan fingerprint density at radius 1 is 1.22 bits per heavy atom. The molecule has 146 valence electrons. The molecule has 1 aliphatic heterocycles. The van der Waals surface area contributed by atoms with E-state index in [1.165, 1.54) is 11.8 Å². The second-order valence-corrected chi connectivity index (χ2v) is 7.65. The Bertz CT molecular complexity index is 720. The van der Waals surface area contributed by atoms with Gasteiger partial charge in [0.15, 0.2) is 0 Å². The highest BCUT2D eigenvalue weighted by Crippen LogP contribution is 2.29. The monoisotopic (exact) mass is 370 g/mol. The number of aliphatic hydroxyl groups is 1. The van der Waals surface area contributed by atoms with Crippen LogP contribution in [0.25, 0.3) is 0 Å². The Balaban J connectivity index is 1.55. The van der Waals surface area contributed by atoms with Crippen molar-refractivity contribution in [2.24, 2.45) is 11.8 Å². The van der Waals surface area contributed by atoms with Crippen LogP contribution in [0.4, 0.5) is 0 Å². The number of ether oxygens (including phenoxy) is 1. The van der Waals surface area contributed by atoms with Crippen LogP contribution >= 0.6 is 0 Å². The number of aliphatic hydroxyl groups excluding tert-OH is 1. The highest BCUT2D eigenvalue weighted by molar-refractivity contribution is 5.28. The topological polar surface area (TPSA) is 65.8 Å². The largest absolute Gasteiger partial charge is 0.506 e. The lowest BCUT2D eigenvalue weighted by molar-refractivity contribution is 0.196. The Labute approximate surface area is 161 Å². The van der Waals surface area contributed by atoms with Crippen LogP contribution in [-0.4, -0.2) is 53.4 Å². The first-order valence-electron chi connectivity index (χ1n) is 9.70. The van der Waals surface area contributed by atoms with Gasteiger partial charge in [-0.3, -0.25) is 4.98 Å². The van der Waals surface area contributed by atoms with Gasteiger partial charge in [0.25, 0.3) is 0 Å². The van der Waals surface area contributed by atoms with E-state index in [0.717, 1.165) is 43.9 Å². The number of nitrogens with zero attached hydrogens (tertiary/aromatic N) is 2. The molecular formula is C22H30N2O3. The van der Waals surface area contributed by atoms with E-state index in [4.69, 9.17) is 4.74 Å². The molecule has 0 aliphatic carbocycles. The molecular weight excluding hydrogens is 340 g/mol. The normalized spacial score (nSPS) is 21.3. The van der Waals surface area contributed by atoms with Crippen molar-refractivity contribution in [1.29, 1.82) is 0 Å². The summed E-state index contributed by atoms with van der Waals surface area (Å²) in [6.07, 6.45) is 3.57. The van der Waals surface area contributed by atoms with Crippen LogP contribution in [0.3, 0.4) is 0 Å². The van der Waals surface area contributed by atoms with Crippen molar-refractivity contribution in [1.82, 2.24) is 9.88 Å². The van der Waals surface area contributed by atoms with E-state index in [0.29, 0.717) is 17.8 Å². The Kier molecular flexibility index (Phi) is 6.69. The number of rotatable bonds is 8. The molecule has 2 aromatic rings. The van der Waals surface area contributed by atoms with Gasteiger partial charge in [-0.1, -0.05) is 19.1 Å². The molecule has 1 saturated heterocycles. The fraction of sp³-hybridized carbons (Fsp3) is 0.500. The number of hydrogen-bond donors (Lipinski definition) is 2. The van der Waals surface area contributed by atoms with Crippen LogP contribution in [0.15, 0.2) is 42.6 Å². The molecule has 1 aliphatic rings. The second kappa shape index (κ2) is 9.20. The first-order valence-corrected chi connectivity index (χ1v) is 9.70. The lowest BCUT2D eigenvalue weighted by Crippen LogP contribution is -2.26. The lowest BCUT2D eigenvalue weighted by Gasteiger charge is -2.20. The van der Waals surface area contributed by atoms with Crippen LogP contribution in [0.2, 0.25) is 0 Å². The van der Waals surface area contributed by atoms with Crippen LogP contribution in [0.1, 0.15) is 30.5 Å². The summed E-state index contributed by atoms with van der Waals surface area (Å²) in [6, 6.07) is 11.8. The maximum absolute atomic E-state index is 9.83. The third kappa shape index (κ3) is 5.21. The van der Waals surface area contributed by atoms with E-state index in [2.05, 4.69) is 28.9 Å². The zero-order chi connectivity index (χ0) is 19.2. The minimum absolute atomic E-state index is 0.199. The van der Waals surface area contributed by atoms with E-state index in [9.17, 15) is 10.2 Å². The number of aromatic nitrogens is 1. The molecule has 1 aromatic carbocycles. The molecule has 0 bridgehead atoms. The summed E-state index contributed by atoms with van der Waals surface area (Å²) in [7, 11) is 1.69. The number of methoxy groups -OCH3 is 1. The van der Waals surface area contributed by atoms with Gasteiger partial charge in [0.2, 0.25) is 0 Å². The molecule has 0 amide bonds. The maximum atomic E-state index is 9.83. The van der Waals surface area contributed by atoms with E-state index in [1.807, 2.05) is 18.2 Å². The molecule has 1 fully saturated rings. The number of pyridine rings is 1. The molecule has 2 N–H and O–H groups in total. The highest BCUT2D eigenvalue weighted by atomic mass is 16.5. The first kappa shape index (κ1) is 19.6. The molecule has 5 heteroatoms. The predicted molar refractivity (Wildman–Crippen MR) is 106 cm³/mol.